The van der Waals surface area contributed by atoms with E-state index in [2.05, 4.69) is 307 Å². The lowest BCUT2D eigenvalue weighted by Gasteiger charge is -2.55. The number of rotatable bonds is 8. The second-order valence-corrected chi connectivity index (χ2v) is 33.2. The van der Waals surface area contributed by atoms with Crippen molar-refractivity contribution in [2.24, 2.45) is 23.7 Å². The number of fused-ring (bicyclic) bond motifs is 17. The smallest absolute Gasteiger partial charge is 0.256 e. The van der Waals surface area contributed by atoms with Gasteiger partial charge >= 0.3 is 0 Å². The first kappa shape index (κ1) is 61.8. The van der Waals surface area contributed by atoms with E-state index in [0.29, 0.717) is 29.7 Å². The number of anilines is 11. The van der Waals surface area contributed by atoms with Gasteiger partial charge in [0.25, 0.3) is 13.4 Å². The van der Waals surface area contributed by atoms with Crippen molar-refractivity contribution in [2.75, 3.05) is 19.6 Å². The molecule has 21 rings (SSSR count). The van der Waals surface area contributed by atoms with Crippen molar-refractivity contribution in [3.8, 4) is 22.6 Å². The van der Waals surface area contributed by atoms with E-state index in [0.717, 1.165) is 39.9 Å². The zero-order valence-corrected chi connectivity index (χ0v) is 60.1. The van der Waals surface area contributed by atoms with Gasteiger partial charge in [-0.1, -0.05) is 273 Å². The highest BCUT2D eigenvalue weighted by Gasteiger charge is 2.56. The second-order valence-electron chi connectivity index (χ2n) is 32.1. The molecular weight excluding hydrogens is 1270 g/mol. The molecule has 5 aliphatic heterocycles. The van der Waals surface area contributed by atoms with Gasteiger partial charge in [-0.05, 0) is 205 Å². The van der Waals surface area contributed by atoms with Gasteiger partial charge in [-0.3, -0.25) is 0 Å². The van der Waals surface area contributed by atoms with Crippen LogP contribution in [0.15, 0.2) is 277 Å². The minimum atomic E-state index is -0.704. The van der Waals surface area contributed by atoms with Gasteiger partial charge in [-0.25, -0.2) is 0 Å². The average molecular weight is 1350 g/mol. The molecule has 12 aromatic carbocycles. The summed E-state index contributed by atoms with van der Waals surface area (Å²) in [6.07, 6.45) is 17.5. The van der Waals surface area contributed by atoms with Gasteiger partial charge in [-0.15, -0.1) is 0 Å². The Bertz CT molecular complexity index is 5240. The Balaban J connectivity index is 0.845. The van der Waals surface area contributed by atoms with E-state index in [1.165, 1.54) is 199 Å². The standard InChI is InChI=1S/C95H84B2N4OS/c1-94(2,3)63-53-84-91-85(54-63)101(93-69(61-31-10-4-11-32-61)45-30-46-70(93)62-33-12-5-13-34-62)83-59-89-75(57-79(83)96(91)77-49-26-28-51-81(77)99(84)66-39-18-8-19-40-66)95(73-47-24-22-43-71(73)72-44-23-25-48-74(72)95)76-58-80-87(60-90(76)103-89)102-88-56-68(98(64-35-14-6-15-36-64)65-37-16-7-17-38-65)55-86-92(88)97(80)78-50-27-29-52-82(78)100(86)67-41-20-9-21-42-67/h6-9,14-29,35-44,47-62,69-70,93H,4-5,10-13,30-34,45-46H2,1-3H3. The van der Waals surface area contributed by atoms with Crippen LogP contribution in [0.3, 0.4) is 0 Å². The predicted molar refractivity (Wildman–Crippen MR) is 433 cm³/mol. The fourth-order valence-corrected chi connectivity index (χ4v) is 22.7. The number of ether oxygens (including phenoxy) is 1. The third-order valence-corrected chi connectivity index (χ3v) is 26.9. The lowest BCUT2D eigenvalue weighted by atomic mass is 9.33. The van der Waals surface area contributed by atoms with Crippen LogP contribution in [0.5, 0.6) is 11.5 Å². The summed E-state index contributed by atoms with van der Waals surface area (Å²) in [4.78, 5) is 13.3. The number of para-hydroxylation sites is 6. The van der Waals surface area contributed by atoms with Gasteiger partial charge < -0.3 is 24.3 Å². The van der Waals surface area contributed by atoms with Crippen molar-refractivity contribution in [1.29, 1.82) is 0 Å². The van der Waals surface area contributed by atoms with Gasteiger partial charge in [0.1, 0.15) is 11.5 Å². The van der Waals surface area contributed by atoms with Crippen molar-refractivity contribution >= 4 is 121 Å². The molecule has 0 radical (unpaired) electrons. The topological polar surface area (TPSA) is 22.2 Å². The van der Waals surface area contributed by atoms with Gasteiger partial charge in [0, 0.05) is 78.8 Å². The Kier molecular flexibility index (Phi) is 14.5. The zero-order chi connectivity index (χ0) is 68.2. The molecule has 502 valence electrons. The summed E-state index contributed by atoms with van der Waals surface area (Å²) in [7, 11) is 0. The summed E-state index contributed by atoms with van der Waals surface area (Å²) >= 11 is 2.00. The van der Waals surface area contributed by atoms with Crippen molar-refractivity contribution in [1.82, 2.24) is 0 Å². The molecule has 5 nitrogen and oxygen atoms in total. The average Bonchev–Trinajstić information content (AvgIpc) is 1.66. The molecule has 8 heteroatoms. The van der Waals surface area contributed by atoms with E-state index in [4.69, 9.17) is 4.74 Å². The Hall–Kier alpha value is -9.88. The zero-order valence-electron chi connectivity index (χ0n) is 59.2. The van der Waals surface area contributed by atoms with Crippen LogP contribution in [0.25, 0.3) is 11.1 Å². The monoisotopic (exact) mass is 1350 g/mol. The number of hydrogen-bond acceptors (Lipinski definition) is 6. The predicted octanol–water partition coefficient (Wildman–Crippen LogP) is 21.4. The van der Waals surface area contributed by atoms with E-state index in [-0.39, 0.29) is 18.8 Å². The van der Waals surface area contributed by atoms with Crippen molar-refractivity contribution in [2.45, 2.75) is 131 Å². The van der Waals surface area contributed by atoms with Gasteiger partial charge in [-0.2, -0.15) is 0 Å². The highest BCUT2D eigenvalue weighted by atomic mass is 32.2. The summed E-state index contributed by atoms with van der Waals surface area (Å²) in [5, 5.41) is 0. The SMILES string of the molecule is CC(C)(C)c1cc2c3c(c1)N(C1C(C4CCCCC4)CCCC1C1CCCCC1)c1cc4c(cc1B3c1ccccc1N2c1ccccc1)C1(c2cc3c(cc2S4)Oc2cc(N(c4ccccc4)c4ccccc4)cc4c2B3c2ccccc2N4c2ccccc2)c2ccccc2-c2ccccc21. The summed E-state index contributed by atoms with van der Waals surface area (Å²) in [5.41, 5.74) is 29.9. The molecule has 0 amide bonds. The van der Waals surface area contributed by atoms with Crippen LogP contribution in [0, 0.1) is 23.7 Å². The molecule has 103 heavy (non-hydrogen) atoms. The van der Waals surface area contributed by atoms with Crippen molar-refractivity contribution in [3.63, 3.8) is 0 Å². The molecule has 5 heterocycles. The summed E-state index contributed by atoms with van der Waals surface area (Å²) < 4.78 is 7.87. The maximum Gasteiger partial charge on any atom is 0.256 e. The highest BCUT2D eigenvalue weighted by molar-refractivity contribution is 7.99. The molecule has 12 aromatic rings. The van der Waals surface area contributed by atoms with Crippen LogP contribution in [0.2, 0.25) is 0 Å². The molecule has 0 N–H and O–H groups in total. The van der Waals surface area contributed by atoms with Crippen molar-refractivity contribution in [3.05, 3.63) is 295 Å². The van der Waals surface area contributed by atoms with E-state index < -0.39 is 5.41 Å². The Labute approximate surface area is 612 Å². The lowest BCUT2D eigenvalue weighted by Crippen LogP contribution is -2.65. The molecule has 2 unspecified atom stereocenters. The minimum absolute atomic E-state index is 0.0327. The molecule has 1 spiro atoms. The fourth-order valence-electron chi connectivity index (χ4n) is 21.5. The summed E-state index contributed by atoms with van der Waals surface area (Å²) in [6.45, 7) is 7.18. The first-order valence-corrected chi connectivity index (χ1v) is 39.4. The van der Waals surface area contributed by atoms with Crippen LogP contribution >= 0.6 is 11.8 Å². The number of benzene rings is 12. The molecule has 0 bridgehead atoms. The molecule has 0 saturated heterocycles. The lowest BCUT2D eigenvalue weighted by molar-refractivity contribution is 0.0839. The largest absolute Gasteiger partial charge is 0.458 e. The normalized spacial score (nSPS) is 19.3. The van der Waals surface area contributed by atoms with Crippen molar-refractivity contribution < 1.29 is 4.74 Å². The Morgan fingerprint density at radius 3 is 1.42 bits per heavy atom. The Morgan fingerprint density at radius 1 is 0.379 bits per heavy atom. The third-order valence-electron chi connectivity index (χ3n) is 25.8. The first-order chi connectivity index (χ1) is 50.8. The molecule has 9 aliphatic rings. The van der Waals surface area contributed by atoms with E-state index >= 15 is 0 Å². The number of nitrogens with zero attached hydrogens (tertiary/aromatic N) is 4. The maximum atomic E-state index is 7.87. The second kappa shape index (κ2) is 24.1. The summed E-state index contributed by atoms with van der Waals surface area (Å²) in [5.74, 6) is 4.41. The van der Waals surface area contributed by atoms with Gasteiger partial charge in [0.2, 0.25) is 0 Å². The fraction of sp³-hybridized carbons (Fsp3) is 0.242. The molecule has 4 aliphatic carbocycles. The molecule has 2 atom stereocenters. The quantitative estimate of drug-likeness (QED) is 0.140. The van der Waals surface area contributed by atoms with Gasteiger partial charge in [0.15, 0.2) is 0 Å². The van der Waals surface area contributed by atoms with Crippen LogP contribution in [-0.4, -0.2) is 19.5 Å². The molecular formula is C95H84B2N4OS. The maximum absolute atomic E-state index is 7.87. The Morgan fingerprint density at radius 2 is 0.854 bits per heavy atom. The van der Waals surface area contributed by atoms with Crippen LogP contribution in [0.1, 0.15) is 132 Å². The molecule has 3 saturated carbocycles. The van der Waals surface area contributed by atoms with Crippen LogP contribution < -0.4 is 57.1 Å². The van der Waals surface area contributed by atoms with Gasteiger partial charge in [0.05, 0.1) is 11.1 Å². The highest BCUT2D eigenvalue weighted by Crippen LogP contribution is 2.64. The minimum Gasteiger partial charge on any atom is -0.458 e. The van der Waals surface area contributed by atoms with E-state index in [9.17, 15) is 0 Å². The van der Waals surface area contributed by atoms with E-state index in [1.54, 1.807) is 0 Å². The molecule has 3 fully saturated rings. The first-order valence-electron chi connectivity index (χ1n) is 38.6. The molecule has 0 aromatic heterocycles. The summed E-state index contributed by atoms with van der Waals surface area (Å²) in [6, 6.07) is 103. The van der Waals surface area contributed by atoms with Crippen LogP contribution in [0.4, 0.5) is 62.6 Å². The van der Waals surface area contributed by atoms with Crippen LogP contribution in [-0.2, 0) is 10.8 Å². The van der Waals surface area contributed by atoms with E-state index in [1.807, 2.05) is 11.8 Å². The number of hydrogen-bond donors (Lipinski definition) is 0. The third kappa shape index (κ3) is 9.40.